The van der Waals surface area contributed by atoms with Gasteiger partial charge in [0.1, 0.15) is 0 Å². The van der Waals surface area contributed by atoms with Crippen LogP contribution in [-0.4, -0.2) is 30.1 Å². The van der Waals surface area contributed by atoms with Crippen LogP contribution in [-0.2, 0) is 9.59 Å². The lowest BCUT2D eigenvalue weighted by Gasteiger charge is -2.07. The highest BCUT2D eigenvalue weighted by atomic mass is 16.4. The molecule has 0 saturated carbocycles. The van der Waals surface area contributed by atoms with Crippen molar-refractivity contribution in [3.05, 3.63) is 12.2 Å². The normalized spacial score (nSPS) is 12.7. The molecule has 86 valence electrons. The monoisotopic (exact) mass is 214 g/mol. The van der Waals surface area contributed by atoms with Crippen LogP contribution in [0.5, 0.6) is 0 Å². The number of carboxylic acids is 1. The summed E-state index contributed by atoms with van der Waals surface area (Å²) >= 11 is 0. The van der Waals surface area contributed by atoms with E-state index in [-0.39, 0.29) is 5.91 Å². The molecule has 1 atom stereocenters. The first-order chi connectivity index (χ1) is 7.06. The highest BCUT2D eigenvalue weighted by molar-refractivity contribution is 5.93. The van der Waals surface area contributed by atoms with Crippen LogP contribution in [0.15, 0.2) is 12.2 Å². The summed E-state index contributed by atoms with van der Waals surface area (Å²) in [6.45, 7) is 3.24. The molecule has 4 N–H and O–H groups in total. The largest absolute Gasteiger partial charge is 0.478 e. The number of nitrogens with two attached hydrogens (primary N) is 1. The van der Waals surface area contributed by atoms with Crippen molar-refractivity contribution in [1.29, 1.82) is 0 Å². The third-order valence-electron chi connectivity index (χ3n) is 1.95. The predicted molar refractivity (Wildman–Crippen MR) is 57.2 cm³/mol. The fraction of sp³-hybridized carbons (Fsp3) is 0.600. The van der Waals surface area contributed by atoms with E-state index in [0.717, 1.165) is 25.0 Å². The molecule has 5 nitrogen and oxygen atoms in total. The maximum absolute atomic E-state index is 11.0. The zero-order valence-corrected chi connectivity index (χ0v) is 8.90. The molecule has 0 aromatic heterocycles. The molecular formula is C10H18N2O3. The second-order valence-electron chi connectivity index (χ2n) is 3.45. The van der Waals surface area contributed by atoms with Crippen molar-refractivity contribution in [3.8, 4) is 0 Å². The van der Waals surface area contributed by atoms with Gasteiger partial charge in [0, 0.05) is 18.7 Å². The standard InChI is InChI=1S/C10H18N2O3/c1-8(7-11)3-2-6-12-9(13)4-5-10(14)15/h4-5,8H,2-3,6-7,11H2,1H3,(H,12,13)(H,14,15)/b5-4-. The first-order valence-corrected chi connectivity index (χ1v) is 4.95. The average Bonchev–Trinajstić information content (AvgIpc) is 2.21. The quantitative estimate of drug-likeness (QED) is 0.414. The molecule has 0 heterocycles. The summed E-state index contributed by atoms with van der Waals surface area (Å²) < 4.78 is 0. The van der Waals surface area contributed by atoms with E-state index in [1.54, 1.807) is 0 Å². The number of aliphatic carboxylic acids is 1. The van der Waals surface area contributed by atoms with Gasteiger partial charge in [-0.15, -0.1) is 0 Å². The topological polar surface area (TPSA) is 92.4 Å². The van der Waals surface area contributed by atoms with E-state index >= 15 is 0 Å². The van der Waals surface area contributed by atoms with Crippen LogP contribution in [0.25, 0.3) is 0 Å². The Kier molecular flexibility index (Phi) is 7.27. The third kappa shape index (κ3) is 8.96. The Bertz CT molecular complexity index is 239. The SMILES string of the molecule is CC(CN)CCCNC(=O)/C=C\C(=O)O. The minimum Gasteiger partial charge on any atom is -0.478 e. The predicted octanol–water partition coefficient (Wildman–Crippen LogP) is 0.118. The number of hydrogen-bond donors (Lipinski definition) is 3. The molecule has 5 heteroatoms. The van der Waals surface area contributed by atoms with E-state index in [1.165, 1.54) is 0 Å². The molecule has 15 heavy (non-hydrogen) atoms. The Morgan fingerprint density at radius 2 is 2.13 bits per heavy atom. The number of amides is 1. The zero-order valence-electron chi connectivity index (χ0n) is 8.90. The smallest absolute Gasteiger partial charge is 0.328 e. The Hall–Kier alpha value is -1.36. The first kappa shape index (κ1) is 13.6. The lowest BCUT2D eigenvalue weighted by atomic mass is 10.1. The maximum atomic E-state index is 11.0. The number of rotatable bonds is 7. The molecule has 0 spiro atoms. The Morgan fingerprint density at radius 1 is 1.47 bits per heavy atom. The van der Waals surface area contributed by atoms with E-state index in [2.05, 4.69) is 5.32 Å². The Balaban J connectivity index is 3.51. The van der Waals surface area contributed by atoms with E-state index in [1.807, 2.05) is 6.92 Å². The van der Waals surface area contributed by atoms with Crippen molar-refractivity contribution in [2.45, 2.75) is 19.8 Å². The van der Waals surface area contributed by atoms with Crippen molar-refractivity contribution in [3.63, 3.8) is 0 Å². The average molecular weight is 214 g/mol. The number of hydrogen-bond acceptors (Lipinski definition) is 3. The number of carbonyl (C=O) groups excluding carboxylic acids is 1. The Labute approximate surface area is 89.3 Å². The molecule has 0 aliphatic rings. The third-order valence-corrected chi connectivity index (χ3v) is 1.95. The summed E-state index contributed by atoms with van der Waals surface area (Å²) in [5.41, 5.74) is 5.43. The van der Waals surface area contributed by atoms with E-state index in [0.29, 0.717) is 19.0 Å². The lowest BCUT2D eigenvalue weighted by Crippen LogP contribution is -2.23. The number of nitrogens with one attached hydrogen (secondary N) is 1. The van der Waals surface area contributed by atoms with Crippen molar-refractivity contribution < 1.29 is 14.7 Å². The summed E-state index contributed by atoms with van der Waals surface area (Å²) in [4.78, 5) is 21.1. The molecular weight excluding hydrogens is 196 g/mol. The van der Waals surface area contributed by atoms with Crippen molar-refractivity contribution >= 4 is 11.9 Å². The van der Waals surface area contributed by atoms with Gasteiger partial charge in [0.2, 0.25) is 5.91 Å². The minimum atomic E-state index is -1.12. The summed E-state index contributed by atoms with van der Waals surface area (Å²) in [6, 6.07) is 0. The van der Waals surface area contributed by atoms with Gasteiger partial charge in [-0.25, -0.2) is 4.79 Å². The highest BCUT2D eigenvalue weighted by Gasteiger charge is 1.99. The van der Waals surface area contributed by atoms with Gasteiger partial charge < -0.3 is 16.2 Å². The van der Waals surface area contributed by atoms with E-state index < -0.39 is 5.97 Å². The van der Waals surface area contributed by atoms with Crippen molar-refractivity contribution in [2.24, 2.45) is 11.7 Å². The molecule has 0 aliphatic heterocycles. The fourth-order valence-electron chi connectivity index (χ4n) is 0.986. The molecule has 0 radical (unpaired) electrons. The van der Waals surface area contributed by atoms with Crippen LogP contribution in [0.1, 0.15) is 19.8 Å². The molecule has 0 fully saturated rings. The van der Waals surface area contributed by atoms with Crippen LogP contribution in [0, 0.1) is 5.92 Å². The van der Waals surface area contributed by atoms with Gasteiger partial charge >= 0.3 is 5.97 Å². The van der Waals surface area contributed by atoms with Gasteiger partial charge in [0.25, 0.3) is 0 Å². The molecule has 0 aromatic rings. The molecule has 0 rings (SSSR count). The van der Waals surface area contributed by atoms with Crippen molar-refractivity contribution in [1.82, 2.24) is 5.32 Å². The molecule has 1 amide bonds. The van der Waals surface area contributed by atoms with Gasteiger partial charge in [-0.1, -0.05) is 6.92 Å². The van der Waals surface area contributed by atoms with Crippen LogP contribution in [0.3, 0.4) is 0 Å². The van der Waals surface area contributed by atoms with Crippen LogP contribution < -0.4 is 11.1 Å². The van der Waals surface area contributed by atoms with Crippen LogP contribution in [0.2, 0.25) is 0 Å². The minimum absolute atomic E-state index is 0.377. The van der Waals surface area contributed by atoms with E-state index in [9.17, 15) is 9.59 Å². The molecule has 0 saturated heterocycles. The molecule has 0 aromatic carbocycles. The maximum Gasteiger partial charge on any atom is 0.328 e. The first-order valence-electron chi connectivity index (χ1n) is 4.95. The van der Waals surface area contributed by atoms with Gasteiger partial charge in [0.05, 0.1) is 0 Å². The number of carbonyl (C=O) groups is 2. The zero-order chi connectivity index (χ0) is 11.7. The van der Waals surface area contributed by atoms with Gasteiger partial charge in [-0.3, -0.25) is 4.79 Å². The van der Waals surface area contributed by atoms with Gasteiger partial charge in [-0.05, 0) is 25.3 Å². The second-order valence-corrected chi connectivity index (χ2v) is 3.45. The number of carboxylic acid groups (broad SMARTS) is 1. The summed E-state index contributed by atoms with van der Waals surface area (Å²) in [5.74, 6) is -1.05. The van der Waals surface area contributed by atoms with Crippen LogP contribution >= 0.6 is 0 Å². The van der Waals surface area contributed by atoms with Crippen LogP contribution in [0.4, 0.5) is 0 Å². The summed E-state index contributed by atoms with van der Waals surface area (Å²) in [7, 11) is 0. The van der Waals surface area contributed by atoms with Crippen molar-refractivity contribution in [2.75, 3.05) is 13.1 Å². The molecule has 0 aliphatic carbocycles. The van der Waals surface area contributed by atoms with Gasteiger partial charge in [-0.2, -0.15) is 0 Å². The van der Waals surface area contributed by atoms with Gasteiger partial charge in [0.15, 0.2) is 0 Å². The lowest BCUT2D eigenvalue weighted by molar-refractivity contribution is -0.131. The Morgan fingerprint density at radius 3 is 2.67 bits per heavy atom. The fourth-order valence-corrected chi connectivity index (χ4v) is 0.986. The molecule has 1 unspecified atom stereocenters. The summed E-state index contributed by atoms with van der Waals surface area (Å²) in [5, 5.41) is 10.8. The summed E-state index contributed by atoms with van der Waals surface area (Å²) in [6.07, 6.45) is 3.64. The second kappa shape index (κ2) is 7.99. The molecule has 0 bridgehead atoms. The highest BCUT2D eigenvalue weighted by Crippen LogP contribution is 2.01. The van der Waals surface area contributed by atoms with E-state index in [4.69, 9.17) is 10.8 Å².